The first-order valence-corrected chi connectivity index (χ1v) is 6.43. The van der Waals surface area contributed by atoms with Crippen molar-refractivity contribution >= 4 is 38.5 Å². The second kappa shape index (κ2) is 5.09. The maximum Gasteiger partial charge on any atom is 0.235 e. The first-order valence-electron chi connectivity index (χ1n) is 4.56. The van der Waals surface area contributed by atoms with Gasteiger partial charge in [0, 0.05) is 10.7 Å². The Hall–Kier alpha value is -0.690. The zero-order valence-electron chi connectivity index (χ0n) is 8.45. The minimum atomic E-state index is 0.581. The van der Waals surface area contributed by atoms with E-state index < -0.39 is 0 Å². The molecule has 1 heterocycles. The van der Waals surface area contributed by atoms with Gasteiger partial charge in [-0.3, -0.25) is 0 Å². The summed E-state index contributed by atoms with van der Waals surface area (Å²) in [6, 6.07) is 5.82. The number of aryl methyl sites for hydroxylation is 1. The van der Waals surface area contributed by atoms with Crippen LogP contribution in [0.2, 0.25) is 0 Å². The number of hydrogen-bond donors (Lipinski definition) is 0. The molecular weight excluding hydrogens is 383 g/mol. The summed E-state index contributed by atoms with van der Waals surface area (Å²) in [7, 11) is 0. The maximum atomic E-state index is 5.67. The molecule has 2 rings (SSSR count). The molecular formula is C11H8BrIN2O. The van der Waals surface area contributed by atoms with Gasteiger partial charge in [-0.25, -0.2) is 9.97 Å². The van der Waals surface area contributed by atoms with Gasteiger partial charge in [0.2, 0.25) is 5.88 Å². The van der Waals surface area contributed by atoms with Crippen molar-refractivity contribution in [1.29, 1.82) is 0 Å². The Bertz CT molecular complexity index is 519. The zero-order valence-corrected chi connectivity index (χ0v) is 12.2. The number of nitrogens with zero attached hydrogens (tertiary/aromatic N) is 2. The van der Waals surface area contributed by atoms with Gasteiger partial charge in [-0.2, -0.15) is 0 Å². The van der Waals surface area contributed by atoms with Crippen molar-refractivity contribution < 1.29 is 4.74 Å². The second-order valence-electron chi connectivity index (χ2n) is 3.19. The topological polar surface area (TPSA) is 35.0 Å². The highest BCUT2D eigenvalue weighted by atomic mass is 127. The molecule has 0 atom stereocenters. The summed E-state index contributed by atoms with van der Waals surface area (Å²) in [5.74, 6) is 1.36. The summed E-state index contributed by atoms with van der Waals surface area (Å²) >= 11 is 5.59. The van der Waals surface area contributed by atoms with Crippen molar-refractivity contribution in [2.45, 2.75) is 6.92 Å². The SMILES string of the molecule is Cc1cc(Oc2ncncc2I)ccc1Br. The molecule has 0 spiro atoms. The summed E-state index contributed by atoms with van der Waals surface area (Å²) in [4.78, 5) is 7.99. The van der Waals surface area contributed by atoms with Crippen molar-refractivity contribution in [3.05, 3.63) is 44.3 Å². The lowest BCUT2D eigenvalue weighted by molar-refractivity contribution is 0.457. The number of halogens is 2. The van der Waals surface area contributed by atoms with E-state index in [9.17, 15) is 0 Å². The van der Waals surface area contributed by atoms with E-state index in [1.807, 2.05) is 25.1 Å². The van der Waals surface area contributed by atoms with Crippen LogP contribution in [-0.4, -0.2) is 9.97 Å². The predicted molar refractivity (Wildman–Crippen MR) is 73.7 cm³/mol. The van der Waals surface area contributed by atoms with E-state index in [1.165, 1.54) is 6.33 Å². The molecule has 0 fully saturated rings. The Kier molecular flexibility index (Phi) is 3.75. The van der Waals surface area contributed by atoms with E-state index in [0.29, 0.717) is 5.88 Å². The molecule has 0 aliphatic carbocycles. The fourth-order valence-corrected chi connectivity index (χ4v) is 1.83. The summed E-state index contributed by atoms with van der Waals surface area (Å²) in [5.41, 5.74) is 1.13. The molecule has 5 heteroatoms. The minimum absolute atomic E-state index is 0.581. The lowest BCUT2D eigenvalue weighted by Gasteiger charge is -2.07. The molecule has 82 valence electrons. The van der Waals surface area contributed by atoms with Crippen molar-refractivity contribution in [2.24, 2.45) is 0 Å². The van der Waals surface area contributed by atoms with Crippen LogP contribution in [0.15, 0.2) is 35.2 Å². The number of benzene rings is 1. The van der Waals surface area contributed by atoms with E-state index in [4.69, 9.17) is 4.74 Å². The van der Waals surface area contributed by atoms with Gasteiger partial charge in [0.1, 0.15) is 12.1 Å². The molecule has 0 radical (unpaired) electrons. The first kappa shape index (κ1) is 11.8. The van der Waals surface area contributed by atoms with Crippen LogP contribution >= 0.6 is 38.5 Å². The Morgan fingerprint density at radius 3 is 2.88 bits per heavy atom. The standard InChI is InChI=1S/C11H8BrIN2O/c1-7-4-8(2-3-9(7)12)16-11-10(13)5-14-6-15-11/h2-6H,1H3. The van der Waals surface area contributed by atoms with E-state index in [0.717, 1.165) is 19.4 Å². The van der Waals surface area contributed by atoms with Crippen LogP contribution < -0.4 is 4.74 Å². The van der Waals surface area contributed by atoms with Gasteiger partial charge < -0.3 is 4.74 Å². The van der Waals surface area contributed by atoms with Crippen LogP contribution in [0.25, 0.3) is 0 Å². The molecule has 0 bridgehead atoms. The van der Waals surface area contributed by atoms with E-state index in [1.54, 1.807) is 6.20 Å². The van der Waals surface area contributed by atoms with Crippen LogP contribution in [0.3, 0.4) is 0 Å². The average molecular weight is 391 g/mol. The van der Waals surface area contributed by atoms with Gasteiger partial charge >= 0.3 is 0 Å². The Labute approximate surface area is 116 Å². The normalized spacial score (nSPS) is 10.2. The third-order valence-corrected chi connectivity index (χ3v) is 3.61. The van der Waals surface area contributed by atoms with Crippen LogP contribution in [0.1, 0.15) is 5.56 Å². The quantitative estimate of drug-likeness (QED) is 0.728. The van der Waals surface area contributed by atoms with Crippen LogP contribution in [0.4, 0.5) is 0 Å². The predicted octanol–water partition coefficient (Wildman–Crippen LogP) is 3.94. The largest absolute Gasteiger partial charge is 0.438 e. The summed E-state index contributed by atoms with van der Waals surface area (Å²) in [5, 5.41) is 0. The smallest absolute Gasteiger partial charge is 0.235 e. The molecule has 1 aromatic heterocycles. The van der Waals surface area contributed by atoms with E-state index in [2.05, 4.69) is 48.5 Å². The number of hydrogen-bond acceptors (Lipinski definition) is 3. The second-order valence-corrected chi connectivity index (χ2v) is 5.21. The van der Waals surface area contributed by atoms with Crippen LogP contribution in [0.5, 0.6) is 11.6 Å². The number of rotatable bonds is 2. The molecule has 0 aliphatic rings. The highest BCUT2D eigenvalue weighted by molar-refractivity contribution is 14.1. The lowest BCUT2D eigenvalue weighted by Crippen LogP contribution is -1.92. The molecule has 3 nitrogen and oxygen atoms in total. The van der Waals surface area contributed by atoms with Crippen molar-refractivity contribution in [2.75, 3.05) is 0 Å². The third kappa shape index (κ3) is 2.70. The van der Waals surface area contributed by atoms with E-state index in [-0.39, 0.29) is 0 Å². The Morgan fingerprint density at radius 2 is 2.19 bits per heavy atom. The molecule has 0 unspecified atom stereocenters. The van der Waals surface area contributed by atoms with Gasteiger partial charge in [0.05, 0.1) is 3.57 Å². The van der Waals surface area contributed by atoms with Gasteiger partial charge in [0.15, 0.2) is 0 Å². The van der Waals surface area contributed by atoms with Gasteiger partial charge in [-0.15, -0.1) is 0 Å². The number of ether oxygens (including phenoxy) is 1. The van der Waals surface area contributed by atoms with Gasteiger partial charge in [0.25, 0.3) is 0 Å². The molecule has 0 aliphatic heterocycles. The Morgan fingerprint density at radius 1 is 1.38 bits per heavy atom. The van der Waals surface area contributed by atoms with Crippen LogP contribution in [0, 0.1) is 10.5 Å². The van der Waals surface area contributed by atoms with Crippen molar-refractivity contribution in [1.82, 2.24) is 9.97 Å². The van der Waals surface area contributed by atoms with E-state index >= 15 is 0 Å². The molecule has 0 N–H and O–H groups in total. The monoisotopic (exact) mass is 390 g/mol. The highest BCUT2D eigenvalue weighted by Crippen LogP contribution is 2.27. The van der Waals surface area contributed by atoms with Gasteiger partial charge in [-0.05, 0) is 53.3 Å². The van der Waals surface area contributed by atoms with Crippen molar-refractivity contribution in [3.63, 3.8) is 0 Å². The van der Waals surface area contributed by atoms with Crippen LogP contribution in [-0.2, 0) is 0 Å². The molecule has 0 amide bonds. The van der Waals surface area contributed by atoms with Crippen molar-refractivity contribution in [3.8, 4) is 11.6 Å². The summed E-state index contributed by atoms with van der Waals surface area (Å²) in [6.45, 7) is 2.02. The highest BCUT2D eigenvalue weighted by Gasteiger charge is 2.04. The Balaban J connectivity index is 2.28. The van der Waals surface area contributed by atoms with Gasteiger partial charge in [-0.1, -0.05) is 15.9 Å². The number of aromatic nitrogens is 2. The first-order chi connectivity index (χ1) is 7.66. The summed E-state index contributed by atoms with van der Waals surface area (Å²) < 4.78 is 7.62. The maximum absolute atomic E-state index is 5.67. The molecule has 1 aromatic carbocycles. The molecule has 2 aromatic rings. The zero-order chi connectivity index (χ0) is 11.5. The molecule has 0 saturated carbocycles. The fraction of sp³-hybridized carbons (Fsp3) is 0.0909. The molecule has 16 heavy (non-hydrogen) atoms. The summed E-state index contributed by atoms with van der Waals surface area (Å²) in [6.07, 6.45) is 3.19. The lowest BCUT2D eigenvalue weighted by atomic mass is 10.2. The fourth-order valence-electron chi connectivity index (χ4n) is 1.17. The average Bonchev–Trinajstić information content (AvgIpc) is 2.27. The third-order valence-electron chi connectivity index (χ3n) is 1.98. The minimum Gasteiger partial charge on any atom is -0.438 e. The molecule has 0 saturated heterocycles.